The highest BCUT2D eigenvalue weighted by molar-refractivity contribution is 5.79. The summed E-state index contributed by atoms with van der Waals surface area (Å²) in [5.74, 6) is -4.11. The van der Waals surface area contributed by atoms with Crippen LogP contribution in [0.3, 0.4) is 0 Å². The Bertz CT molecular complexity index is 915. The molecule has 1 aliphatic rings. The summed E-state index contributed by atoms with van der Waals surface area (Å²) in [4.78, 5) is 57.9. The Morgan fingerprint density at radius 1 is 0.909 bits per heavy atom. The van der Waals surface area contributed by atoms with Crippen molar-refractivity contribution in [2.45, 2.75) is 58.4 Å². The second kappa shape index (κ2) is 11.4. The van der Waals surface area contributed by atoms with Gasteiger partial charge in [-0.05, 0) is 12.1 Å². The van der Waals surface area contributed by atoms with E-state index in [4.69, 9.17) is 28.4 Å². The van der Waals surface area contributed by atoms with Crippen LogP contribution in [0, 0.1) is 5.82 Å². The second-order valence-corrected chi connectivity index (χ2v) is 6.99. The highest BCUT2D eigenvalue weighted by Gasteiger charge is 2.53. The quantitative estimate of drug-likeness (QED) is 0.306. The first-order chi connectivity index (χ1) is 15.5. The first kappa shape index (κ1) is 25.7. The molecule has 0 saturated carbocycles. The number of carbonyl (C=O) groups is 5. The van der Waals surface area contributed by atoms with E-state index in [0.29, 0.717) is 6.29 Å². The van der Waals surface area contributed by atoms with Crippen molar-refractivity contribution in [1.82, 2.24) is 0 Å². The molecule has 1 fully saturated rings. The molecular weight excluding hydrogens is 447 g/mol. The number of carbonyl (C=O) groups excluding carboxylic acids is 5. The van der Waals surface area contributed by atoms with E-state index < -0.39 is 67.0 Å². The molecule has 33 heavy (non-hydrogen) atoms. The van der Waals surface area contributed by atoms with Gasteiger partial charge in [0.2, 0.25) is 12.4 Å². The van der Waals surface area contributed by atoms with Crippen molar-refractivity contribution in [3.8, 4) is 5.75 Å². The van der Waals surface area contributed by atoms with Crippen LogP contribution < -0.4 is 4.74 Å². The molecule has 1 aliphatic heterocycles. The lowest BCUT2D eigenvalue weighted by atomic mass is 9.98. The summed E-state index contributed by atoms with van der Waals surface area (Å²) < 4.78 is 45.8. The first-order valence-electron chi connectivity index (χ1n) is 9.73. The predicted octanol–water partition coefficient (Wildman–Crippen LogP) is 1.10. The smallest absolute Gasteiger partial charge is 0.303 e. The largest absolute Gasteiger partial charge is 0.463 e. The van der Waals surface area contributed by atoms with E-state index in [9.17, 15) is 28.4 Å². The van der Waals surface area contributed by atoms with E-state index in [1.54, 1.807) is 0 Å². The van der Waals surface area contributed by atoms with Gasteiger partial charge in [-0.2, -0.15) is 0 Å². The number of ether oxygens (including phenoxy) is 6. The molecular formula is C21H23FO11. The minimum absolute atomic E-state index is 0.0516. The molecule has 0 aliphatic carbocycles. The highest BCUT2D eigenvalue weighted by atomic mass is 19.1. The van der Waals surface area contributed by atoms with E-state index in [-0.39, 0.29) is 11.3 Å². The van der Waals surface area contributed by atoms with Gasteiger partial charge in [-0.25, -0.2) is 4.39 Å². The zero-order valence-electron chi connectivity index (χ0n) is 18.3. The Morgan fingerprint density at radius 2 is 1.48 bits per heavy atom. The number of rotatable bonds is 8. The normalized spacial score (nSPS) is 24.2. The summed E-state index contributed by atoms with van der Waals surface area (Å²) in [6.07, 6.45) is -6.75. The van der Waals surface area contributed by atoms with Gasteiger partial charge >= 0.3 is 23.9 Å². The third-order valence-corrected chi connectivity index (χ3v) is 4.29. The Morgan fingerprint density at radius 3 is 2.03 bits per heavy atom. The molecule has 2 rings (SSSR count). The van der Waals surface area contributed by atoms with Gasteiger partial charge in [0.25, 0.3) is 0 Å². The molecule has 12 heteroatoms. The van der Waals surface area contributed by atoms with Gasteiger partial charge in [-0.3, -0.25) is 24.0 Å². The molecule has 0 radical (unpaired) electrons. The van der Waals surface area contributed by atoms with Crippen molar-refractivity contribution in [3.63, 3.8) is 0 Å². The van der Waals surface area contributed by atoms with Crippen molar-refractivity contribution in [3.05, 3.63) is 29.6 Å². The third kappa shape index (κ3) is 7.24. The summed E-state index contributed by atoms with van der Waals surface area (Å²) >= 11 is 0. The molecule has 0 N–H and O–H groups in total. The zero-order chi connectivity index (χ0) is 24.7. The summed E-state index contributed by atoms with van der Waals surface area (Å²) in [5.41, 5.74) is -0.0516. The van der Waals surface area contributed by atoms with Gasteiger partial charge < -0.3 is 28.4 Å². The average Bonchev–Trinajstić information content (AvgIpc) is 2.70. The van der Waals surface area contributed by atoms with Gasteiger partial charge in [-0.1, -0.05) is 0 Å². The number of hydrogen-bond donors (Lipinski definition) is 0. The maximum absolute atomic E-state index is 13.8. The second-order valence-electron chi connectivity index (χ2n) is 6.99. The summed E-state index contributed by atoms with van der Waals surface area (Å²) in [7, 11) is 0. The number of esters is 4. The predicted molar refractivity (Wildman–Crippen MR) is 104 cm³/mol. The molecule has 0 spiro atoms. The molecule has 1 aromatic rings. The molecule has 0 aromatic heterocycles. The monoisotopic (exact) mass is 470 g/mol. The van der Waals surface area contributed by atoms with Crippen LogP contribution in [-0.2, 0) is 42.9 Å². The summed E-state index contributed by atoms with van der Waals surface area (Å²) in [6, 6.07) is 3.09. The lowest BCUT2D eigenvalue weighted by Crippen LogP contribution is -2.63. The summed E-state index contributed by atoms with van der Waals surface area (Å²) in [6.45, 7) is 3.89. The van der Waals surface area contributed by atoms with Crippen LogP contribution in [0.4, 0.5) is 4.39 Å². The van der Waals surface area contributed by atoms with Crippen molar-refractivity contribution in [2.75, 3.05) is 6.61 Å². The zero-order valence-corrected chi connectivity index (χ0v) is 18.3. The highest BCUT2D eigenvalue weighted by Crippen LogP contribution is 2.32. The fraction of sp³-hybridized carbons (Fsp3) is 0.476. The van der Waals surface area contributed by atoms with Gasteiger partial charge in [-0.15, -0.1) is 0 Å². The minimum Gasteiger partial charge on any atom is -0.463 e. The SMILES string of the molecule is CC(=O)OC[C@H]1O[C@@H](Oc2cc(F)ccc2C=O)[C@H](OC(C)=O)[C@@H](OC(C)=O)[C@H]1OC(C)=O. The van der Waals surface area contributed by atoms with Crippen LogP contribution >= 0.6 is 0 Å². The van der Waals surface area contributed by atoms with E-state index >= 15 is 0 Å². The Balaban J connectivity index is 2.52. The lowest BCUT2D eigenvalue weighted by molar-refractivity contribution is -0.288. The maximum Gasteiger partial charge on any atom is 0.303 e. The van der Waals surface area contributed by atoms with Gasteiger partial charge in [0, 0.05) is 33.8 Å². The Kier molecular flexibility index (Phi) is 8.85. The number of halogens is 1. The molecule has 1 aromatic carbocycles. The fourth-order valence-electron chi connectivity index (χ4n) is 3.12. The lowest BCUT2D eigenvalue weighted by Gasteiger charge is -2.44. The molecule has 0 bridgehead atoms. The van der Waals surface area contributed by atoms with Crippen molar-refractivity contribution in [1.29, 1.82) is 0 Å². The van der Waals surface area contributed by atoms with Gasteiger partial charge in [0.1, 0.15) is 24.3 Å². The molecule has 1 saturated heterocycles. The van der Waals surface area contributed by atoms with E-state index in [2.05, 4.69) is 0 Å². The molecule has 180 valence electrons. The van der Waals surface area contributed by atoms with Crippen LogP contribution in [-0.4, -0.2) is 67.5 Å². The fourth-order valence-corrected chi connectivity index (χ4v) is 3.12. The van der Waals surface area contributed by atoms with Crippen molar-refractivity contribution < 1.29 is 56.8 Å². The Hall–Kier alpha value is -3.54. The third-order valence-electron chi connectivity index (χ3n) is 4.29. The molecule has 0 unspecified atom stereocenters. The maximum atomic E-state index is 13.8. The summed E-state index contributed by atoms with van der Waals surface area (Å²) in [5, 5.41) is 0. The molecule has 11 nitrogen and oxygen atoms in total. The topological polar surface area (TPSA) is 141 Å². The van der Waals surface area contributed by atoms with Gasteiger partial charge in [0.15, 0.2) is 18.5 Å². The first-order valence-corrected chi connectivity index (χ1v) is 9.73. The van der Waals surface area contributed by atoms with Gasteiger partial charge in [0.05, 0.1) is 5.56 Å². The van der Waals surface area contributed by atoms with E-state index in [1.807, 2.05) is 0 Å². The van der Waals surface area contributed by atoms with Crippen LogP contribution in [0.5, 0.6) is 5.75 Å². The molecule has 1 heterocycles. The number of aldehydes is 1. The van der Waals surface area contributed by atoms with Crippen molar-refractivity contribution >= 4 is 30.2 Å². The van der Waals surface area contributed by atoms with E-state index in [0.717, 1.165) is 45.9 Å². The van der Waals surface area contributed by atoms with E-state index in [1.165, 1.54) is 0 Å². The number of benzene rings is 1. The van der Waals surface area contributed by atoms with Crippen LogP contribution in [0.1, 0.15) is 38.1 Å². The molecule has 0 amide bonds. The Labute approximate surface area is 188 Å². The molecule has 5 atom stereocenters. The standard InChI is InChI=1S/C21H23FO11/c1-10(24)28-9-17-18(29-11(2)25)19(30-12(3)26)20(31-13(4)27)21(33-17)32-16-7-15(22)6-5-14(16)8-23/h5-8,17-21H,9H2,1-4H3/t17-,18+,19+,20-,21-/m1/s1. The van der Waals surface area contributed by atoms with Crippen LogP contribution in [0.25, 0.3) is 0 Å². The van der Waals surface area contributed by atoms with Crippen LogP contribution in [0.15, 0.2) is 18.2 Å². The van der Waals surface area contributed by atoms with Crippen molar-refractivity contribution in [2.24, 2.45) is 0 Å². The van der Waals surface area contributed by atoms with Crippen LogP contribution in [0.2, 0.25) is 0 Å². The average molecular weight is 470 g/mol. The number of hydrogen-bond acceptors (Lipinski definition) is 11. The minimum atomic E-state index is -1.58.